The molecule has 1 aromatic carbocycles. The third-order valence-electron chi connectivity index (χ3n) is 3.12. The summed E-state index contributed by atoms with van der Waals surface area (Å²) in [6, 6.07) is 8.15. The highest BCUT2D eigenvalue weighted by Crippen LogP contribution is 2.17. The molecule has 4 nitrogen and oxygen atoms in total. The van der Waals surface area contributed by atoms with Crippen LogP contribution in [-0.2, 0) is 6.42 Å². The van der Waals surface area contributed by atoms with Gasteiger partial charge in [0.05, 0.1) is 0 Å². The van der Waals surface area contributed by atoms with Crippen molar-refractivity contribution in [2.75, 3.05) is 6.54 Å². The molecule has 0 radical (unpaired) electrons. The molecule has 0 bridgehead atoms. The van der Waals surface area contributed by atoms with Gasteiger partial charge >= 0.3 is 0 Å². The highest BCUT2D eigenvalue weighted by molar-refractivity contribution is 5.54. The summed E-state index contributed by atoms with van der Waals surface area (Å²) in [4.78, 5) is 4.43. The Kier molecular flexibility index (Phi) is 5.10. The summed E-state index contributed by atoms with van der Waals surface area (Å²) in [5, 5.41) is 4.03. The van der Waals surface area contributed by atoms with Gasteiger partial charge in [-0.05, 0) is 26.3 Å². The summed E-state index contributed by atoms with van der Waals surface area (Å²) in [6.45, 7) is 2.84. The van der Waals surface area contributed by atoms with Gasteiger partial charge in [-0.2, -0.15) is 4.98 Å². The normalized spacial score (nSPS) is 10.8. The molecule has 102 valence electrons. The second kappa shape index (κ2) is 7.04. The molecule has 0 unspecified atom stereocenters. The lowest BCUT2D eigenvalue weighted by Crippen LogP contribution is -1.97. The van der Waals surface area contributed by atoms with E-state index in [1.54, 1.807) is 0 Å². The molecule has 0 fully saturated rings. The van der Waals surface area contributed by atoms with E-state index in [2.05, 4.69) is 29.2 Å². The Balaban J connectivity index is 1.86. The number of aromatic nitrogens is 2. The summed E-state index contributed by atoms with van der Waals surface area (Å²) < 4.78 is 5.27. The first-order valence-corrected chi connectivity index (χ1v) is 6.89. The van der Waals surface area contributed by atoms with Crippen LogP contribution >= 0.6 is 0 Å². The van der Waals surface area contributed by atoms with Crippen molar-refractivity contribution < 1.29 is 4.52 Å². The van der Waals surface area contributed by atoms with Crippen LogP contribution < -0.4 is 5.73 Å². The Morgan fingerprint density at radius 2 is 1.79 bits per heavy atom. The molecule has 0 amide bonds. The van der Waals surface area contributed by atoms with Gasteiger partial charge in [0.1, 0.15) is 0 Å². The lowest BCUT2D eigenvalue weighted by Gasteiger charge is -1.96. The molecule has 0 saturated heterocycles. The maximum absolute atomic E-state index is 5.46. The summed E-state index contributed by atoms with van der Waals surface area (Å²) >= 11 is 0. The molecular weight excluding hydrogens is 238 g/mol. The number of rotatable bonds is 7. The van der Waals surface area contributed by atoms with Gasteiger partial charge in [0, 0.05) is 12.0 Å². The van der Waals surface area contributed by atoms with Gasteiger partial charge in [-0.3, -0.25) is 0 Å². The first-order chi connectivity index (χ1) is 9.29. The largest absolute Gasteiger partial charge is 0.339 e. The van der Waals surface area contributed by atoms with Crippen molar-refractivity contribution in [2.45, 2.75) is 39.0 Å². The predicted molar refractivity (Wildman–Crippen MR) is 75.7 cm³/mol. The van der Waals surface area contributed by atoms with E-state index in [0.29, 0.717) is 5.82 Å². The van der Waals surface area contributed by atoms with Gasteiger partial charge in [-0.15, -0.1) is 0 Å². The molecule has 1 aromatic heterocycles. The van der Waals surface area contributed by atoms with Crippen LogP contribution in [0.15, 0.2) is 28.8 Å². The number of hydrogen-bond donors (Lipinski definition) is 1. The summed E-state index contributed by atoms with van der Waals surface area (Å²) in [5.74, 6) is 1.40. The van der Waals surface area contributed by atoms with Crippen LogP contribution in [0.5, 0.6) is 0 Å². The van der Waals surface area contributed by atoms with Crippen LogP contribution in [0.2, 0.25) is 0 Å². The highest BCUT2D eigenvalue weighted by Gasteiger charge is 2.07. The lowest BCUT2D eigenvalue weighted by atomic mass is 10.1. The van der Waals surface area contributed by atoms with Crippen LogP contribution in [0.3, 0.4) is 0 Å². The number of hydrogen-bond acceptors (Lipinski definition) is 4. The Labute approximate surface area is 114 Å². The van der Waals surface area contributed by atoms with E-state index in [1.165, 1.54) is 18.4 Å². The topological polar surface area (TPSA) is 64.9 Å². The smallest absolute Gasteiger partial charge is 0.226 e. The molecule has 1 heterocycles. The minimum absolute atomic E-state index is 0.678. The standard InChI is InChI=1S/C15H21N3O/c1-12-7-9-13(10-8-12)15-17-14(19-18-15)6-4-2-3-5-11-16/h7-10H,2-6,11,16H2,1H3. The van der Waals surface area contributed by atoms with Gasteiger partial charge in [-0.1, -0.05) is 47.8 Å². The maximum atomic E-state index is 5.46. The zero-order valence-electron chi connectivity index (χ0n) is 11.4. The molecule has 0 aliphatic rings. The Morgan fingerprint density at radius 1 is 1.05 bits per heavy atom. The number of benzene rings is 1. The average molecular weight is 259 g/mol. The van der Waals surface area contributed by atoms with Gasteiger partial charge < -0.3 is 10.3 Å². The van der Waals surface area contributed by atoms with E-state index in [9.17, 15) is 0 Å². The molecule has 0 atom stereocenters. The van der Waals surface area contributed by atoms with Crippen molar-refractivity contribution in [3.8, 4) is 11.4 Å². The van der Waals surface area contributed by atoms with Crippen molar-refractivity contribution in [1.29, 1.82) is 0 Å². The fraction of sp³-hybridized carbons (Fsp3) is 0.467. The van der Waals surface area contributed by atoms with Gasteiger partial charge in [0.15, 0.2) is 0 Å². The fourth-order valence-electron chi connectivity index (χ4n) is 1.95. The number of aryl methyl sites for hydroxylation is 2. The van der Waals surface area contributed by atoms with Gasteiger partial charge in [-0.25, -0.2) is 0 Å². The van der Waals surface area contributed by atoms with Crippen LogP contribution in [0.25, 0.3) is 11.4 Å². The molecule has 2 rings (SSSR count). The molecule has 0 aliphatic carbocycles. The Hall–Kier alpha value is -1.68. The zero-order chi connectivity index (χ0) is 13.5. The van der Waals surface area contributed by atoms with Crippen molar-refractivity contribution in [1.82, 2.24) is 10.1 Å². The third-order valence-corrected chi connectivity index (χ3v) is 3.12. The number of nitrogens with two attached hydrogens (primary N) is 1. The summed E-state index contributed by atoms with van der Waals surface area (Å²) in [5.41, 5.74) is 7.69. The second-order valence-electron chi connectivity index (χ2n) is 4.83. The monoisotopic (exact) mass is 259 g/mol. The fourth-order valence-corrected chi connectivity index (χ4v) is 1.95. The van der Waals surface area contributed by atoms with E-state index in [-0.39, 0.29) is 0 Å². The van der Waals surface area contributed by atoms with Crippen LogP contribution in [-0.4, -0.2) is 16.7 Å². The first kappa shape index (κ1) is 13.7. The van der Waals surface area contributed by atoms with E-state index in [1.807, 2.05) is 12.1 Å². The molecule has 0 spiro atoms. The number of nitrogens with zero attached hydrogens (tertiary/aromatic N) is 2. The molecule has 0 saturated carbocycles. The quantitative estimate of drug-likeness (QED) is 0.776. The van der Waals surface area contributed by atoms with Gasteiger partial charge in [0.2, 0.25) is 11.7 Å². The van der Waals surface area contributed by atoms with E-state index < -0.39 is 0 Å². The summed E-state index contributed by atoms with van der Waals surface area (Å²) in [7, 11) is 0. The second-order valence-corrected chi connectivity index (χ2v) is 4.83. The third kappa shape index (κ3) is 4.17. The zero-order valence-corrected chi connectivity index (χ0v) is 11.4. The molecular formula is C15H21N3O. The van der Waals surface area contributed by atoms with Crippen molar-refractivity contribution >= 4 is 0 Å². The molecule has 0 aliphatic heterocycles. The van der Waals surface area contributed by atoms with Crippen molar-refractivity contribution in [2.24, 2.45) is 5.73 Å². The SMILES string of the molecule is Cc1ccc(-c2noc(CCCCCCN)n2)cc1. The van der Waals surface area contributed by atoms with Crippen LogP contribution in [0.1, 0.15) is 37.1 Å². The maximum Gasteiger partial charge on any atom is 0.226 e. The van der Waals surface area contributed by atoms with E-state index in [0.717, 1.165) is 37.3 Å². The average Bonchev–Trinajstić information content (AvgIpc) is 2.88. The van der Waals surface area contributed by atoms with E-state index >= 15 is 0 Å². The van der Waals surface area contributed by atoms with Crippen LogP contribution in [0.4, 0.5) is 0 Å². The van der Waals surface area contributed by atoms with E-state index in [4.69, 9.17) is 10.3 Å². The Bertz CT molecular complexity index is 490. The van der Waals surface area contributed by atoms with Crippen molar-refractivity contribution in [3.63, 3.8) is 0 Å². The first-order valence-electron chi connectivity index (χ1n) is 6.89. The van der Waals surface area contributed by atoms with Crippen molar-refractivity contribution in [3.05, 3.63) is 35.7 Å². The molecule has 19 heavy (non-hydrogen) atoms. The number of unbranched alkanes of at least 4 members (excludes halogenated alkanes) is 3. The predicted octanol–water partition coefficient (Wildman–Crippen LogP) is 3.11. The Morgan fingerprint density at radius 3 is 2.53 bits per heavy atom. The molecule has 4 heteroatoms. The van der Waals surface area contributed by atoms with Gasteiger partial charge in [0.25, 0.3) is 0 Å². The summed E-state index contributed by atoms with van der Waals surface area (Å²) in [6.07, 6.45) is 5.37. The minimum Gasteiger partial charge on any atom is -0.339 e. The molecule has 2 aromatic rings. The lowest BCUT2D eigenvalue weighted by molar-refractivity contribution is 0.374. The highest BCUT2D eigenvalue weighted by atomic mass is 16.5. The molecule has 2 N–H and O–H groups in total. The van der Waals surface area contributed by atoms with Crippen LogP contribution in [0, 0.1) is 6.92 Å². The minimum atomic E-state index is 0.678.